The van der Waals surface area contributed by atoms with Crippen molar-refractivity contribution in [1.29, 1.82) is 0 Å². The molecule has 0 aromatic heterocycles. The van der Waals surface area contributed by atoms with Crippen molar-refractivity contribution in [2.24, 2.45) is 0 Å². The molecule has 0 atom stereocenters. The van der Waals surface area contributed by atoms with Crippen LogP contribution in [0.3, 0.4) is 0 Å². The first-order chi connectivity index (χ1) is 3.55. The molecule has 0 aromatic carbocycles. The van der Waals surface area contributed by atoms with E-state index in [0.717, 1.165) is 0 Å². The average Bonchev–Trinajstić information content (AvgIpc) is 1.64. The minimum absolute atomic E-state index is 0.00463. The number of hydrogen-bond donors (Lipinski definition) is 0. The summed E-state index contributed by atoms with van der Waals surface area (Å²) in [5, 5.41) is 0. The van der Waals surface area contributed by atoms with Crippen molar-refractivity contribution in [3.63, 3.8) is 0 Å². The van der Waals surface area contributed by atoms with E-state index in [1.807, 2.05) is 0 Å². The van der Waals surface area contributed by atoms with Crippen LogP contribution in [0.2, 0.25) is 0 Å². The van der Waals surface area contributed by atoms with Gasteiger partial charge in [-0.2, -0.15) is 0 Å². The molecule has 0 spiro atoms. The lowest BCUT2D eigenvalue weighted by atomic mass is 11.2. The Morgan fingerprint density at radius 1 is 1.25 bits per heavy atom. The number of rotatable bonds is 2. The van der Waals surface area contributed by atoms with Gasteiger partial charge < -0.3 is 0 Å². The van der Waals surface area contributed by atoms with Crippen LogP contribution in [0.4, 0.5) is 0 Å². The Kier molecular flexibility index (Phi) is 3.36. The molecule has 8 heavy (non-hydrogen) atoms. The first kappa shape index (κ1) is 8.21. The minimum atomic E-state index is -1.48. The summed E-state index contributed by atoms with van der Waals surface area (Å²) in [6.07, 6.45) is 0. The van der Waals surface area contributed by atoms with Crippen LogP contribution in [0.1, 0.15) is 0 Å². The van der Waals surface area contributed by atoms with Gasteiger partial charge in [0.05, 0.1) is 0 Å². The molecule has 4 heteroatoms. The predicted octanol–water partition coefficient (Wildman–Crippen LogP) is 2.16. The Morgan fingerprint density at radius 2 is 1.50 bits per heavy atom. The molecular formula is C4H4Cl2OS. The monoisotopic (exact) mass is 170 g/mol. The summed E-state index contributed by atoms with van der Waals surface area (Å²) in [4.78, 5) is 0. The lowest BCUT2D eigenvalue weighted by Crippen LogP contribution is -1.83. The molecule has 0 rings (SSSR count). The zero-order chi connectivity index (χ0) is 6.73. The highest BCUT2D eigenvalue weighted by Crippen LogP contribution is 2.14. The van der Waals surface area contributed by atoms with Gasteiger partial charge in [-0.15, -0.1) is 0 Å². The third-order valence-electron chi connectivity index (χ3n) is 0.402. The van der Waals surface area contributed by atoms with Crippen molar-refractivity contribution in [2.75, 3.05) is 0 Å². The van der Waals surface area contributed by atoms with Gasteiger partial charge >= 0.3 is 0 Å². The standard InChI is InChI=1S/C4H4Cl2OS/c1-3(5)8(7)4(2)6/h1-2H2. The van der Waals surface area contributed by atoms with Crippen molar-refractivity contribution in [3.05, 3.63) is 21.9 Å². The van der Waals surface area contributed by atoms with E-state index < -0.39 is 10.8 Å². The van der Waals surface area contributed by atoms with E-state index in [2.05, 4.69) is 13.2 Å². The van der Waals surface area contributed by atoms with E-state index in [9.17, 15) is 4.21 Å². The third kappa shape index (κ3) is 2.50. The summed E-state index contributed by atoms with van der Waals surface area (Å²) in [5.74, 6) is 0. The molecule has 0 saturated carbocycles. The van der Waals surface area contributed by atoms with Gasteiger partial charge in [-0.05, 0) is 0 Å². The lowest BCUT2D eigenvalue weighted by molar-refractivity contribution is 0.692. The molecule has 0 fully saturated rings. The Morgan fingerprint density at radius 3 is 1.50 bits per heavy atom. The van der Waals surface area contributed by atoms with E-state index >= 15 is 0 Å². The second-order valence-corrected chi connectivity index (χ2v) is 3.86. The van der Waals surface area contributed by atoms with Crippen LogP contribution in [0.25, 0.3) is 0 Å². The van der Waals surface area contributed by atoms with Crippen LogP contribution in [-0.2, 0) is 10.8 Å². The average molecular weight is 171 g/mol. The lowest BCUT2D eigenvalue weighted by Gasteiger charge is -1.89. The summed E-state index contributed by atoms with van der Waals surface area (Å²) in [6, 6.07) is 0. The van der Waals surface area contributed by atoms with Crippen LogP contribution < -0.4 is 0 Å². The van der Waals surface area contributed by atoms with E-state index in [1.165, 1.54) is 0 Å². The van der Waals surface area contributed by atoms with Crippen molar-refractivity contribution in [1.82, 2.24) is 0 Å². The molecule has 0 aromatic rings. The molecule has 1 nitrogen and oxygen atoms in total. The Balaban J connectivity index is 4.05. The summed E-state index contributed by atoms with van der Waals surface area (Å²) in [7, 11) is -1.48. The van der Waals surface area contributed by atoms with Crippen molar-refractivity contribution >= 4 is 34.0 Å². The van der Waals surface area contributed by atoms with E-state index in [1.54, 1.807) is 0 Å². The molecule has 0 aliphatic heterocycles. The Labute approximate surface area is 60.4 Å². The first-order valence-corrected chi connectivity index (χ1v) is 3.57. The number of hydrogen-bond acceptors (Lipinski definition) is 1. The maximum absolute atomic E-state index is 10.5. The van der Waals surface area contributed by atoms with Crippen LogP contribution in [0.15, 0.2) is 21.9 Å². The van der Waals surface area contributed by atoms with Gasteiger partial charge in [-0.1, -0.05) is 36.4 Å². The largest absolute Gasteiger partial charge is 0.247 e. The van der Waals surface area contributed by atoms with Gasteiger partial charge in [0, 0.05) is 0 Å². The maximum Gasteiger partial charge on any atom is 0.107 e. The summed E-state index contributed by atoms with van der Waals surface area (Å²) in [6.45, 7) is 6.39. The smallest absolute Gasteiger partial charge is 0.107 e. The van der Waals surface area contributed by atoms with Crippen LogP contribution in [-0.4, -0.2) is 4.21 Å². The first-order valence-electron chi connectivity index (χ1n) is 1.66. The molecule has 0 amide bonds. The van der Waals surface area contributed by atoms with Gasteiger partial charge in [0.25, 0.3) is 0 Å². The SMILES string of the molecule is C=C(Cl)S(=O)C(=C)Cl. The van der Waals surface area contributed by atoms with Crippen molar-refractivity contribution in [2.45, 2.75) is 0 Å². The summed E-state index contributed by atoms with van der Waals surface area (Å²) >= 11 is 10.4. The summed E-state index contributed by atoms with van der Waals surface area (Å²) < 4.78 is 10.5. The highest BCUT2D eigenvalue weighted by molar-refractivity contribution is 7.95. The summed E-state index contributed by atoms with van der Waals surface area (Å²) in [5.41, 5.74) is 0. The molecule has 0 heterocycles. The van der Waals surface area contributed by atoms with Crippen molar-refractivity contribution < 1.29 is 4.21 Å². The van der Waals surface area contributed by atoms with E-state index in [-0.39, 0.29) is 8.73 Å². The van der Waals surface area contributed by atoms with Gasteiger partial charge in [0.15, 0.2) is 0 Å². The number of halogens is 2. The quantitative estimate of drug-likeness (QED) is 0.622. The molecule has 0 aliphatic carbocycles. The van der Waals surface area contributed by atoms with Crippen LogP contribution in [0, 0.1) is 0 Å². The fraction of sp³-hybridized carbons (Fsp3) is 0. The third-order valence-corrected chi connectivity index (χ3v) is 2.05. The van der Waals surface area contributed by atoms with Gasteiger partial charge in [0.2, 0.25) is 0 Å². The predicted molar refractivity (Wildman–Crippen MR) is 38.1 cm³/mol. The highest BCUT2D eigenvalue weighted by Gasteiger charge is 2.01. The molecular weight excluding hydrogens is 167 g/mol. The van der Waals surface area contributed by atoms with E-state index in [0.29, 0.717) is 0 Å². The zero-order valence-corrected chi connectivity index (χ0v) is 6.31. The topological polar surface area (TPSA) is 17.1 Å². The Hall–Kier alpha value is 0.210. The van der Waals surface area contributed by atoms with E-state index in [4.69, 9.17) is 23.2 Å². The maximum atomic E-state index is 10.5. The van der Waals surface area contributed by atoms with Crippen molar-refractivity contribution in [3.8, 4) is 0 Å². The fourth-order valence-corrected chi connectivity index (χ4v) is 1.04. The molecule has 0 N–H and O–H groups in total. The van der Waals surface area contributed by atoms with Gasteiger partial charge in [0.1, 0.15) is 19.5 Å². The second kappa shape index (κ2) is 3.28. The van der Waals surface area contributed by atoms with Crippen LogP contribution >= 0.6 is 23.2 Å². The highest BCUT2D eigenvalue weighted by atomic mass is 35.5. The molecule has 0 aliphatic rings. The Bertz CT molecular complexity index is 136. The minimum Gasteiger partial charge on any atom is -0.247 e. The second-order valence-electron chi connectivity index (χ2n) is 0.979. The zero-order valence-electron chi connectivity index (χ0n) is 3.99. The van der Waals surface area contributed by atoms with Crippen LogP contribution in [0.5, 0.6) is 0 Å². The molecule has 0 unspecified atom stereocenters. The van der Waals surface area contributed by atoms with Gasteiger partial charge in [-0.3, -0.25) is 0 Å². The van der Waals surface area contributed by atoms with Gasteiger partial charge in [-0.25, -0.2) is 4.21 Å². The molecule has 0 bridgehead atoms. The normalized spacial score (nSPS) is 9.38. The fourth-order valence-electron chi connectivity index (χ4n) is 0.120. The molecule has 0 radical (unpaired) electrons. The molecule has 0 saturated heterocycles. The molecule has 46 valence electrons.